The number of ketones is 1. The van der Waals surface area contributed by atoms with E-state index in [2.05, 4.69) is 10.6 Å². The van der Waals surface area contributed by atoms with Gasteiger partial charge in [-0.2, -0.15) is 0 Å². The highest BCUT2D eigenvalue weighted by Crippen LogP contribution is 2.35. The lowest BCUT2D eigenvalue weighted by Gasteiger charge is -2.16. The van der Waals surface area contributed by atoms with Crippen molar-refractivity contribution in [2.45, 2.75) is 6.92 Å². The largest absolute Gasteiger partial charge is 0.350 e. The van der Waals surface area contributed by atoms with Gasteiger partial charge in [0.1, 0.15) is 10.7 Å². The number of carbonyl (C=O) groups excluding carboxylic acids is 4. The van der Waals surface area contributed by atoms with Crippen LogP contribution in [-0.2, 0) is 9.59 Å². The Morgan fingerprint density at radius 2 is 1.46 bits per heavy atom. The standard InChI is InChI=1S/C25H16Cl3N3O4/c1-13(32)14-4-2-7-18(10-14)30-23(33)15-5-3-6-17(11-15)29-22-21(28)24(34)31(25(22)35)20-9-8-16(26)12-19(20)27/h2-12,29H,1H3,(H,30,33). The van der Waals surface area contributed by atoms with Gasteiger partial charge in [-0.3, -0.25) is 19.2 Å². The first-order valence-electron chi connectivity index (χ1n) is 10.2. The molecule has 0 spiro atoms. The maximum absolute atomic E-state index is 13.0. The molecule has 0 aliphatic carbocycles. The fourth-order valence-electron chi connectivity index (χ4n) is 3.39. The molecule has 0 unspecified atom stereocenters. The van der Waals surface area contributed by atoms with E-state index in [4.69, 9.17) is 34.8 Å². The van der Waals surface area contributed by atoms with Crippen LogP contribution in [0.25, 0.3) is 0 Å². The number of rotatable bonds is 6. The van der Waals surface area contributed by atoms with E-state index in [0.717, 1.165) is 4.90 Å². The molecular weight excluding hydrogens is 513 g/mol. The molecule has 0 radical (unpaired) electrons. The van der Waals surface area contributed by atoms with Crippen molar-refractivity contribution >= 4 is 75.4 Å². The monoisotopic (exact) mass is 527 g/mol. The van der Waals surface area contributed by atoms with E-state index in [1.165, 1.54) is 31.2 Å². The number of hydrogen-bond donors (Lipinski definition) is 2. The molecule has 3 aromatic rings. The Morgan fingerprint density at radius 1 is 0.800 bits per heavy atom. The molecule has 3 aromatic carbocycles. The Hall–Kier alpha value is -3.65. The van der Waals surface area contributed by atoms with E-state index in [0.29, 0.717) is 22.0 Å². The third-order valence-electron chi connectivity index (χ3n) is 5.10. The first kappa shape index (κ1) is 24.5. The molecule has 10 heteroatoms. The number of anilines is 3. The van der Waals surface area contributed by atoms with Crippen molar-refractivity contribution in [3.05, 3.63) is 98.6 Å². The second-order valence-corrected chi connectivity index (χ2v) is 8.75. The molecule has 1 aliphatic rings. The number of Topliss-reactive ketones (excluding diaryl/α,β-unsaturated/α-hetero) is 1. The third kappa shape index (κ3) is 5.07. The fourth-order valence-corrected chi connectivity index (χ4v) is 4.10. The molecule has 0 saturated carbocycles. The molecule has 7 nitrogen and oxygen atoms in total. The Kier molecular flexibility index (Phi) is 6.93. The summed E-state index contributed by atoms with van der Waals surface area (Å²) in [4.78, 5) is 50.9. The van der Waals surface area contributed by atoms with Gasteiger partial charge in [-0.15, -0.1) is 0 Å². The number of nitrogens with zero attached hydrogens (tertiary/aromatic N) is 1. The van der Waals surface area contributed by atoms with E-state index < -0.39 is 17.7 Å². The van der Waals surface area contributed by atoms with Crippen molar-refractivity contribution in [1.82, 2.24) is 0 Å². The van der Waals surface area contributed by atoms with Gasteiger partial charge >= 0.3 is 0 Å². The number of carbonyl (C=O) groups is 4. The number of imide groups is 1. The second kappa shape index (κ2) is 9.92. The lowest BCUT2D eigenvalue weighted by atomic mass is 10.1. The molecule has 1 heterocycles. The van der Waals surface area contributed by atoms with Gasteiger partial charge in [-0.25, -0.2) is 4.90 Å². The van der Waals surface area contributed by atoms with Crippen LogP contribution in [0.15, 0.2) is 77.5 Å². The van der Waals surface area contributed by atoms with E-state index in [1.54, 1.807) is 42.5 Å². The zero-order chi connectivity index (χ0) is 25.3. The number of halogens is 3. The summed E-state index contributed by atoms with van der Waals surface area (Å²) in [6.07, 6.45) is 0. The average molecular weight is 529 g/mol. The molecule has 0 saturated heterocycles. The van der Waals surface area contributed by atoms with Crippen molar-refractivity contribution in [3.8, 4) is 0 Å². The van der Waals surface area contributed by atoms with Gasteiger partial charge in [0.2, 0.25) is 0 Å². The Bertz CT molecular complexity index is 1430. The highest BCUT2D eigenvalue weighted by Gasteiger charge is 2.39. The summed E-state index contributed by atoms with van der Waals surface area (Å²) in [6, 6.07) is 17.2. The molecule has 176 valence electrons. The number of hydrogen-bond acceptors (Lipinski definition) is 5. The summed E-state index contributed by atoms with van der Waals surface area (Å²) >= 11 is 18.3. The minimum absolute atomic E-state index is 0.109. The van der Waals surface area contributed by atoms with Gasteiger partial charge in [0.25, 0.3) is 17.7 Å². The van der Waals surface area contributed by atoms with Crippen molar-refractivity contribution in [2.24, 2.45) is 0 Å². The summed E-state index contributed by atoms with van der Waals surface area (Å²) in [7, 11) is 0. The normalized spacial score (nSPS) is 13.3. The lowest BCUT2D eigenvalue weighted by Crippen LogP contribution is -2.32. The van der Waals surface area contributed by atoms with Crippen LogP contribution in [0, 0.1) is 0 Å². The van der Waals surface area contributed by atoms with Crippen LogP contribution in [0.1, 0.15) is 27.6 Å². The van der Waals surface area contributed by atoms with Gasteiger partial charge in [0.15, 0.2) is 5.78 Å². The lowest BCUT2D eigenvalue weighted by molar-refractivity contribution is -0.120. The quantitative estimate of drug-likeness (QED) is 0.307. The maximum Gasteiger partial charge on any atom is 0.283 e. The molecule has 0 aromatic heterocycles. The molecule has 4 rings (SSSR count). The highest BCUT2D eigenvalue weighted by atomic mass is 35.5. The molecule has 35 heavy (non-hydrogen) atoms. The van der Waals surface area contributed by atoms with E-state index in [-0.39, 0.29) is 32.8 Å². The number of amides is 3. The second-order valence-electron chi connectivity index (χ2n) is 7.53. The van der Waals surface area contributed by atoms with Crippen molar-refractivity contribution in [3.63, 3.8) is 0 Å². The smallest absolute Gasteiger partial charge is 0.283 e. The minimum atomic E-state index is -0.748. The van der Waals surface area contributed by atoms with E-state index in [9.17, 15) is 19.2 Å². The fraction of sp³-hybridized carbons (Fsp3) is 0.0400. The summed E-state index contributed by atoms with van der Waals surface area (Å²) in [6.45, 7) is 1.44. The number of benzene rings is 3. The highest BCUT2D eigenvalue weighted by molar-refractivity contribution is 6.54. The molecule has 0 bridgehead atoms. The first-order valence-corrected chi connectivity index (χ1v) is 11.3. The van der Waals surface area contributed by atoms with Crippen molar-refractivity contribution in [2.75, 3.05) is 15.5 Å². The molecule has 0 fully saturated rings. The van der Waals surface area contributed by atoms with E-state index >= 15 is 0 Å². The molecule has 1 aliphatic heterocycles. The summed E-state index contributed by atoms with van der Waals surface area (Å²) in [5, 5.41) is 5.69. The van der Waals surface area contributed by atoms with Crippen LogP contribution in [0.2, 0.25) is 10.0 Å². The van der Waals surface area contributed by atoms with Gasteiger partial charge < -0.3 is 10.6 Å². The van der Waals surface area contributed by atoms with Gasteiger partial charge in [0, 0.05) is 27.5 Å². The van der Waals surface area contributed by atoms with Crippen LogP contribution >= 0.6 is 34.8 Å². The zero-order valence-electron chi connectivity index (χ0n) is 18.1. The Labute approximate surface area is 215 Å². The topological polar surface area (TPSA) is 95.6 Å². The Morgan fingerprint density at radius 3 is 2.14 bits per heavy atom. The van der Waals surface area contributed by atoms with Crippen LogP contribution in [-0.4, -0.2) is 23.5 Å². The third-order valence-corrected chi connectivity index (χ3v) is 5.99. The van der Waals surface area contributed by atoms with Gasteiger partial charge in [-0.1, -0.05) is 53.0 Å². The summed E-state index contributed by atoms with van der Waals surface area (Å²) in [5.74, 6) is -2.01. The first-order chi connectivity index (χ1) is 16.7. The van der Waals surface area contributed by atoms with Crippen LogP contribution < -0.4 is 15.5 Å². The van der Waals surface area contributed by atoms with Crippen molar-refractivity contribution in [1.29, 1.82) is 0 Å². The Balaban J connectivity index is 1.54. The summed E-state index contributed by atoms with van der Waals surface area (Å²) in [5.41, 5.74) is 1.53. The predicted octanol–water partition coefficient (Wildman–Crippen LogP) is 5.88. The average Bonchev–Trinajstić information content (AvgIpc) is 3.03. The van der Waals surface area contributed by atoms with E-state index in [1.807, 2.05) is 0 Å². The molecule has 3 amide bonds. The van der Waals surface area contributed by atoms with Crippen LogP contribution in [0.4, 0.5) is 17.1 Å². The van der Waals surface area contributed by atoms with Gasteiger partial charge in [0.05, 0.1) is 10.7 Å². The summed E-state index contributed by atoms with van der Waals surface area (Å²) < 4.78 is 0. The maximum atomic E-state index is 13.0. The van der Waals surface area contributed by atoms with Crippen molar-refractivity contribution < 1.29 is 19.2 Å². The number of nitrogens with one attached hydrogen (secondary N) is 2. The minimum Gasteiger partial charge on any atom is -0.350 e. The van der Waals surface area contributed by atoms with Crippen LogP contribution in [0.5, 0.6) is 0 Å². The predicted molar refractivity (Wildman–Crippen MR) is 136 cm³/mol. The van der Waals surface area contributed by atoms with Crippen LogP contribution in [0.3, 0.4) is 0 Å². The molecule has 0 atom stereocenters. The SMILES string of the molecule is CC(=O)c1cccc(NC(=O)c2cccc(NC3=C(Cl)C(=O)N(c4ccc(Cl)cc4Cl)C3=O)c2)c1. The molecule has 2 N–H and O–H groups in total. The molecular formula is C25H16Cl3N3O4. The zero-order valence-corrected chi connectivity index (χ0v) is 20.3. The van der Waals surface area contributed by atoms with Gasteiger partial charge in [-0.05, 0) is 55.5 Å².